The maximum atomic E-state index is 12.0. The molecule has 0 radical (unpaired) electrons. The number of carbonyl (C=O) groups excluding carboxylic acids is 1. The Labute approximate surface area is 280 Å². The predicted octanol–water partition coefficient (Wildman–Crippen LogP) is 3.24. The minimum absolute atomic E-state index is 0.00668. The van der Waals surface area contributed by atoms with Gasteiger partial charge in [0.1, 0.15) is 12.4 Å². The van der Waals surface area contributed by atoms with Gasteiger partial charge in [-0.2, -0.15) is 0 Å². The molecule has 0 aliphatic rings. The number of carbonyl (C=O) groups is 2. The van der Waals surface area contributed by atoms with Gasteiger partial charge in [0, 0.05) is 19.6 Å². The number of hydrogen-bond donors (Lipinski definition) is 1. The van der Waals surface area contributed by atoms with Crippen LogP contribution in [0.1, 0.15) is 38.7 Å². The fourth-order valence-corrected chi connectivity index (χ4v) is 3.78. The molecular formula is C34H58O13. The van der Waals surface area contributed by atoms with Crippen LogP contribution in [0.2, 0.25) is 0 Å². The Hall–Kier alpha value is -2.20. The molecule has 47 heavy (non-hydrogen) atoms. The van der Waals surface area contributed by atoms with E-state index in [-0.39, 0.29) is 12.4 Å². The van der Waals surface area contributed by atoms with Gasteiger partial charge in [0.2, 0.25) is 0 Å². The summed E-state index contributed by atoms with van der Waals surface area (Å²) in [6.45, 7) is 13.1. The molecule has 0 unspecified atom stereocenters. The van der Waals surface area contributed by atoms with E-state index in [1.165, 1.54) is 0 Å². The first-order valence-corrected chi connectivity index (χ1v) is 16.7. The molecule has 13 nitrogen and oxygen atoms in total. The van der Waals surface area contributed by atoms with E-state index in [9.17, 15) is 9.59 Å². The Bertz CT molecular complexity index is 853. The third-order valence-corrected chi connectivity index (χ3v) is 6.36. The molecule has 0 saturated carbocycles. The lowest BCUT2D eigenvalue weighted by Crippen LogP contribution is -2.15. The Morgan fingerprint density at radius 1 is 0.574 bits per heavy atom. The summed E-state index contributed by atoms with van der Waals surface area (Å²) in [5, 5.41) is 9.01. The average Bonchev–Trinajstić information content (AvgIpc) is 3.07. The first-order chi connectivity index (χ1) is 23.0. The molecule has 1 aromatic rings. The number of Topliss-reactive ketones (excluding diaryl/α,β-unsaturated/α-hetero) is 1. The number of hydrogen-bond acceptors (Lipinski definition) is 12. The molecule has 272 valence electrons. The van der Waals surface area contributed by atoms with Crippen LogP contribution >= 0.6 is 0 Å². The predicted molar refractivity (Wildman–Crippen MR) is 174 cm³/mol. The summed E-state index contributed by atoms with van der Waals surface area (Å²) in [4.78, 5) is 23.0. The number of ether oxygens (including phenoxy) is 10. The van der Waals surface area contributed by atoms with Crippen LogP contribution in [0.15, 0.2) is 24.3 Å². The van der Waals surface area contributed by atoms with Crippen molar-refractivity contribution >= 4 is 11.8 Å². The van der Waals surface area contributed by atoms with E-state index in [1.54, 1.807) is 19.1 Å². The summed E-state index contributed by atoms with van der Waals surface area (Å²) >= 11 is 0. The van der Waals surface area contributed by atoms with Gasteiger partial charge < -0.3 is 52.5 Å². The highest BCUT2D eigenvalue weighted by molar-refractivity contribution is 5.79. The van der Waals surface area contributed by atoms with Gasteiger partial charge in [0.25, 0.3) is 0 Å². The maximum Gasteiger partial charge on any atom is 0.306 e. The van der Waals surface area contributed by atoms with Gasteiger partial charge >= 0.3 is 5.97 Å². The zero-order valence-electron chi connectivity index (χ0n) is 28.5. The summed E-state index contributed by atoms with van der Waals surface area (Å²) in [5.41, 5.74) is 0.911. The van der Waals surface area contributed by atoms with Crippen LogP contribution in [-0.4, -0.2) is 142 Å². The Balaban J connectivity index is 1.74. The summed E-state index contributed by atoms with van der Waals surface area (Å²) in [6, 6.07) is 7.14. The van der Waals surface area contributed by atoms with Crippen molar-refractivity contribution in [3.63, 3.8) is 0 Å². The lowest BCUT2D eigenvalue weighted by atomic mass is 10.0. The van der Waals surface area contributed by atoms with Crippen molar-refractivity contribution in [2.45, 2.75) is 39.5 Å². The fraction of sp³-hybridized carbons (Fsp3) is 0.765. The highest BCUT2D eigenvalue weighted by Crippen LogP contribution is 2.15. The van der Waals surface area contributed by atoms with Crippen LogP contribution in [0.4, 0.5) is 0 Å². The maximum absolute atomic E-state index is 12.0. The van der Waals surface area contributed by atoms with Crippen molar-refractivity contribution in [1.29, 1.82) is 0 Å². The van der Waals surface area contributed by atoms with Crippen molar-refractivity contribution in [3.05, 3.63) is 29.8 Å². The van der Waals surface area contributed by atoms with Crippen LogP contribution in [0.3, 0.4) is 0 Å². The molecule has 0 fully saturated rings. The van der Waals surface area contributed by atoms with Gasteiger partial charge in [-0.3, -0.25) is 9.59 Å². The molecule has 0 amide bonds. The molecule has 1 rings (SSSR count). The summed E-state index contributed by atoms with van der Waals surface area (Å²) < 4.78 is 54.5. The first kappa shape index (κ1) is 42.8. The molecule has 1 atom stereocenters. The number of rotatable bonds is 36. The monoisotopic (exact) mass is 674 g/mol. The van der Waals surface area contributed by atoms with Crippen molar-refractivity contribution in [3.8, 4) is 5.75 Å². The first-order valence-electron chi connectivity index (χ1n) is 16.7. The Kier molecular flexibility index (Phi) is 29.5. The molecule has 0 spiro atoms. The van der Waals surface area contributed by atoms with Crippen molar-refractivity contribution in [2.75, 3.05) is 126 Å². The summed E-state index contributed by atoms with van der Waals surface area (Å²) in [5.74, 6) is -0.703. The molecule has 0 aromatic heterocycles. The molecule has 0 aliphatic heterocycles. The number of ketones is 1. The second-order valence-corrected chi connectivity index (χ2v) is 10.5. The zero-order valence-corrected chi connectivity index (χ0v) is 28.5. The lowest BCUT2D eigenvalue weighted by Gasteiger charge is -2.09. The van der Waals surface area contributed by atoms with Gasteiger partial charge in [-0.05, 0) is 37.0 Å². The topological polar surface area (TPSA) is 147 Å². The number of carboxylic acids is 1. The van der Waals surface area contributed by atoms with Gasteiger partial charge in [0.15, 0.2) is 5.78 Å². The summed E-state index contributed by atoms with van der Waals surface area (Å²) in [6.07, 6.45) is 2.45. The van der Waals surface area contributed by atoms with E-state index < -0.39 is 11.9 Å². The largest absolute Gasteiger partial charge is 0.486 e. The third-order valence-electron chi connectivity index (χ3n) is 6.36. The molecule has 0 bridgehead atoms. The molecule has 1 aromatic carbocycles. The minimum Gasteiger partial charge on any atom is -0.486 e. The smallest absolute Gasteiger partial charge is 0.306 e. The molecule has 13 heteroatoms. The third kappa shape index (κ3) is 28.5. The molecular weight excluding hydrogens is 616 g/mol. The lowest BCUT2D eigenvalue weighted by molar-refractivity contribution is -0.141. The average molecular weight is 675 g/mol. The van der Waals surface area contributed by atoms with E-state index >= 15 is 0 Å². The van der Waals surface area contributed by atoms with Gasteiger partial charge in [-0.15, -0.1) is 0 Å². The molecule has 0 aliphatic carbocycles. The van der Waals surface area contributed by atoms with Crippen LogP contribution in [0, 0.1) is 5.92 Å². The SMILES string of the molecule is CCCOCCOCCOCCOCCOCCOCCOCCOCCOCCCC(=O)COc1ccc(C[C@H](C)C(=O)O)cc1. The quantitative estimate of drug-likeness (QED) is 0.104. The van der Waals surface area contributed by atoms with Crippen LogP contribution in [0.25, 0.3) is 0 Å². The minimum atomic E-state index is -0.826. The van der Waals surface area contributed by atoms with Crippen LogP contribution in [-0.2, 0) is 58.6 Å². The Morgan fingerprint density at radius 2 is 0.936 bits per heavy atom. The summed E-state index contributed by atoms with van der Waals surface area (Å²) in [7, 11) is 0. The highest BCUT2D eigenvalue weighted by atomic mass is 16.6. The zero-order chi connectivity index (χ0) is 34.0. The van der Waals surface area contributed by atoms with Gasteiger partial charge in [0.05, 0.1) is 112 Å². The fourth-order valence-electron chi connectivity index (χ4n) is 3.78. The van der Waals surface area contributed by atoms with Crippen molar-refractivity contribution < 1.29 is 62.1 Å². The molecule has 0 saturated heterocycles. The number of benzene rings is 1. The molecule has 1 N–H and O–H groups in total. The van der Waals surface area contributed by atoms with Crippen LogP contribution in [0.5, 0.6) is 5.75 Å². The van der Waals surface area contributed by atoms with Crippen LogP contribution < -0.4 is 4.74 Å². The van der Waals surface area contributed by atoms with E-state index in [2.05, 4.69) is 6.92 Å². The van der Waals surface area contributed by atoms with Crippen molar-refractivity contribution in [1.82, 2.24) is 0 Å². The highest BCUT2D eigenvalue weighted by Gasteiger charge is 2.11. The molecule has 0 heterocycles. The standard InChI is InChI=1S/C34H58O13/c1-3-10-38-12-14-40-16-18-42-20-22-44-24-26-46-27-25-45-23-21-43-19-17-41-15-13-39-11-4-5-32(35)29-47-33-8-6-31(7-9-33)28-30(2)34(36)37/h6-9,30H,3-5,10-29H2,1-2H3,(H,36,37)/t30-/m0/s1. The van der Waals surface area contributed by atoms with Gasteiger partial charge in [-0.1, -0.05) is 26.0 Å². The normalized spacial score (nSPS) is 12.0. The van der Waals surface area contributed by atoms with Crippen molar-refractivity contribution in [2.24, 2.45) is 5.92 Å². The second kappa shape index (κ2) is 32.4. The number of carboxylic acid groups (broad SMARTS) is 1. The van der Waals surface area contributed by atoms with E-state index in [1.807, 2.05) is 12.1 Å². The second-order valence-electron chi connectivity index (χ2n) is 10.5. The van der Waals surface area contributed by atoms with Gasteiger partial charge in [-0.25, -0.2) is 0 Å². The van der Waals surface area contributed by atoms with E-state index in [0.717, 1.165) is 18.6 Å². The number of aliphatic carboxylic acids is 1. The van der Waals surface area contributed by atoms with E-state index in [0.29, 0.717) is 137 Å². The van der Waals surface area contributed by atoms with E-state index in [4.69, 9.17) is 52.5 Å². The Morgan fingerprint density at radius 3 is 1.30 bits per heavy atom.